The third-order valence-electron chi connectivity index (χ3n) is 7.42. The van der Waals surface area contributed by atoms with E-state index in [0.29, 0.717) is 5.92 Å². The highest BCUT2D eigenvalue weighted by atomic mass is 32.1. The van der Waals surface area contributed by atoms with Crippen LogP contribution >= 0.6 is 11.3 Å². The molecule has 4 heteroatoms. The molecule has 4 atom stereocenters. The van der Waals surface area contributed by atoms with Crippen LogP contribution in [0.4, 0.5) is 5.69 Å². The lowest BCUT2D eigenvalue weighted by Crippen LogP contribution is -2.41. The monoisotopic (exact) mass is 424 g/mol. The third-order valence-corrected chi connectivity index (χ3v) is 8.51. The molecule has 3 nitrogen and oxygen atoms in total. The molecule has 154 valence electrons. The lowest BCUT2D eigenvalue weighted by molar-refractivity contribution is -0.122. The SMILES string of the molecule is O=C(Nc1cccc2cccnc12)C1C(c2ccccc2)C2CCC1(c1cccs1)C2. The molecule has 0 radical (unpaired) electrons. The summed E-state index contributed by atoms with van der Waals surface area (Å²) in [5, 5.41) is 6.49. The minimum Gasteiger partial charge on any atom is -0.324 e. The van der Waals surface area contributed by atoms with Gasteiger partial charge in [0.1, 0.15) is 0 Å². The average Bonchev–Trinajstić information content (AvgIpc) is 3.56. The highest BCUT2D eigenvalue weighted by molar-refractivity contribution is 7.10. The van der Waals surface area contributed by atoms with Crippen molar-refractivity contribution in [2.75, 3.05) is 5.32 Å². The van der Waals surface area contributed by atoms with Gasteiger partial charge in [0.25, 0.3) is 0 Å². The van der Waals surface area contributed by atoms with Crippen molar-refractivity contribution in [2.45, 2.75) is 30.6 Å². The normalized spacial score (nSPS) is 26.9. The van der Waals surface area contributed by atoms with Gasteiger partial charge < -0.3 is 5.32 Å². The van der Waals surface area contributed by atoms with Crippen LogP contribution in [0.1, 0.15) is 35.6 Å². The van der Waals surface area contributed by atoms with Crippen LogP contribution in [-0.4, -0.2) is 10.9 Å². The summed E-state index contributed by atoms with van der Waals surface area (Å²) >= 11 is 1.81. The Labute approximate surface area is 186 Å². The van der Waals surface area contributed by atoms with E-state index >= 15 is 0 Å². The summed E-state index contributed by atoms with van der Waals surface area (Å²) in [6.45, 7) is 0. The smallest absolute Gasteiger partial charge is 0.229 e. The number of aromatic nitrogens is 1. The molecule has 2 aliphatic carbocycles. The number of benzene rings is 2. The number of hydrogen-bond donors (Lipinski definition) is 1. The topological polar surface area (TPSA) is 42.0 Å². The number of thiophene rings is 1. The predicted octanol–water partition coefficient (Wildman–Crippen LogP) is 6.39. The van der Waals surface area contributed by atoms with Gasteiger partial charge in [-0.25, -0.2) is 0 Å². The highest BCUT2D eigenvalue weighted by Crippen LogP contribution is 2.65. The molecule has 1 N–H and O–H groups in total. The Bertz CT molecular complexity index is 1230. The van der Waals surface area contributed by atoms with E-state index in [9.17, 15) is 4.79 Å². The fourth-order valence-corrected chi connectivity index (χ4v) is 7.24. The lowest BCUT2D eigenvalue weighted by atomic mass is 9.67. The zero-order chi connectivity index (χ0) is 20.8. The summed E-state index contributed by atoms with van der Waals surface area (Å²) in [6.07, 6.45) is 5.17. The molecular formula is C27H24N2OS. The molecule has 2 fully saturated rings. The Kier molecular flexibility index (Phi) is 4.43. The van der Waals surface area contributed by atoms with Crippen LogP contribution in [0.15, 0.2) is 84.4 Å². The van der Waals surface area contributed by atoms with Gasteiger partial charge >= 0.3 is 0 Å². The number of carbonyl (C=O) groups is 1. The number of anilines is 1. The molecule has 0 saturated heterocycles. The number of para-hydroxylation sites is 1. The highest BCUT2D eigenvalue weighted by Gasteiger charge is 2.61. The third kappa shape index (κ3) is 2.93. The molecule has 4 aromatic rings. The van der Waals surface area contributed by atoms with Gasteiger partial charge in [0.05, 0.1) is 17.1 Å². The first-order chi connectivity index (χ1) is 15.3. The number of fused-ring (bicyclic) bond motifs is 3. The summed E-state index contributed by atoms with van der Waals surface area (Å²) < 4.78 is 0. The number of nitrogens with zero attached hydrogens (tertiary/aromatic N) is 1. The summed E-state index contributed by atoms with van der Waals surface area (Å²) in [6, 6.07) is 25.0. The van der Waals surface area contributed by atoms with Crippen LogP contribution in [0, 0.1) is 11.8 Å². The van der Waals surface area contributed by atoms with E-state index in [0.717, 1.165) is 29.4 Å². The summed E-state index contributed by atoms with van der Waals surface area (Å²) in [5.74, 6) is 0.847. The fraction of sp³-hybridized carbons (Fsp3) is 0.259. The molecule has 6 rings (SSSR count). The number of rotatable bonds is 4. The van der Waals surface area contributed by atoms with Crippen molar-refractivity contribution in [3.63, 3.8) is 0 Å². The van der Waals surface area contributed by atoms with E-state index in [4.69, 9.17) is 0 Å². The summed E-state index contributed by atoms with van der Waals surface area (Å²) in [5.41, 5.74) is 2.88. The van der Waals surface area contributed by atoms with Crippen molar-refractivity contribution < 1.29 is 4.79 Å². The maximum Gasteiger partial charge on any atom is 0.229 e. The molecule has 31 heavy (non-hydrogen) atoms. The molecule has 0 aliphatic heterocycles. The van der Waals surface area contributed by atoms with Gasteiger partial charge in [-0.2, -0.15) is 0 Å². The predicted molar refractivity (Wildman–Crippen MR) is 126 cm³/mol. The van der Waals surface area contributed by atoms with Crippen molar-refractivity contribution in [3.05, 3.63) is 94.8 Å². The van der Waals surface area contributed by atoms with E-state index in [2.05, 4.69) is 58.1 Å². The molecule has 2 aliphatic rings. The van der Waals surface area contributed by atoms with Gasteiger partial charge in [-0.15, -0.1) is 11.3 Å². The zero-order valence-electron chi connectivity index (χ0n) is 17.2. The number of amides is 1. The molecule has 2 bridgehead atoms. The number of nitrogens with one attached hydrogen (secondary N) is 1. The van der Waals surface area contributed by atoms with Gasteiger partial charge in [-0.1, -0.05) is 54.6 Å². The molecular weight excluding hydrogens is 400 g/mol. The number of carbonyl (C=O) groups excluding carboxylic acids is 1. The average molecular weight is 425 g/mol. The number of pyridine rings is 1. The first kappa shape index (κ1) is 18.8. The zero-order valence-corrected chi connectivity index (χ0v) is 18.0. The van der Waals surface area contributed by atoms with Crippen LogP contribution < -0.4 is 5.32 Å². The second kappa shape index (κ2) is 7.31. The molecule has 2 aromatic heterocycles. The minimum atomic E-state index is -0.0775. The molecule has 0 spiro atoms. The van der Waals surface area contributed by atoms with Gasteiger partial charge in [-0.05, 0) is 60.2 Å². The largest absolute Gasteiger partial charge is 0.324 e. The van der Waals surface area contributed by atoms with Crippen molar-refractivity contribution >= 4 is 33.8 Å². The summed E-state index contributed by atoms with van der Waals surface area (Å²) in [4.78, 5) is 19.9. The Morgan fingerprint density at radius 3 is 2.71 bits per heavy atom. The van der Waals surface area contributed by atoms with Crippen LogP contribution in [0.2, 0.25) is 0 Å². The van der Waals surface area contributed by atoms with E-state index in [1.807, 2.05) is 30.3 Å². The van der Waals surface area contributed by atoms with E-state index in [1.165, 1.54) is 16.9 Å². The Morgan fingerprint density at radius 2 is 1.87 bits per heavy atom. The van der Waals surface area contributed by atoms with Crippen LogP contribution in [0.5, 0.6) is 0 Å². The minimum absolute atomic E-state index is 0.0680. The van der Waals surface area contributed by atoms with Gasteiger partial charge in [-0.3, -0.25) is 9.78 Å². The fourth-order valence-electron chi connectivity index (χ4n) is 6.23. The van der Waals surface area contributed by atoms with Crippen molar-refractivity contribution in [1.82, 2.24) is 4.98 Å². The molecule has 2 aromatic carbocycles. The van der Waals surface area contributed by atoms with Crippen LogP contribution in [0.25, 0.3) is 10.9 Å². The van der Waals surface area contributed by atoms with Crippen molar-refractivity contribution in [3.8, 4) is 0 Å². The molecule has 2 saturated carbocycles. The standard InChI is InChI=1S/C27H24N2OS/c30-26(29-21-11-4-9-19-10-5-15-28-25(19)21)24-23(18-7-2-1-3-8-18)20-13-14-27(24,17-20)22-12-6-16-31-22/h1-12,15-16,20,23-24H,13-14,17H2,(H,29,30). The van der Waals surface area contributed by atoms with E-state index in [1.54, 1.807) is 17.5 Å². The molecule has 1 amide bonds. The second-order valence-corrected chi connectivity index (χ2v) is 9.87. The number of hydrogen-bond acceptors (Lipinski definition) is 3. The van der Waals surface area contributed by atoms with Gasteiger partial charge in [0, 0.05) is 21.9 Å². The van der Waals surface area contributed by atoms with Crippen LogP contribution in [-0.2, 0) is 10.2 Å². The Balaban J connectivity index is 1.44. The van der Waals surface area contributed by atoms with Gasteiger partial charge in [0.15, 0.2) is 0 Å². The first-order valence-corrected chi connectivity index (χ1v) is 11.9. The maximum atomic E-state index is 14.0. The van der Waals surface area contributed by atoms with E-state index in [-0.39, 0.29) is 23.2 Å². The van der Waals surface area contributed by atoms with Gasteiger partial charge in [0.2, 0.25) is 5.91 Å². The van der Waals surface area contributed by atoms with Crippen molar-refractivity contribution in [2.24, 2.45) is 11.8 Å². The lowest BCUT2D eigenvalue weighted by Gasteiger charge is -2.38. The Morgan fingerprint density at radius 1 is 1.00 bits per heavy atom. The second-order valence-electron chi connectivity index (χ2n) is 8.92. The molecule has 4 unspecified atom stereocenters. The maximum absolute atomic E-state index is 14.0. The summed E-state index contributed by atoms with van der Waals surface area (Å²) in [7, 11) is 0. The molecule has 2 heterocycles. The van der Waals surface area contributed by atoms with E-state index < -0.39 is 0 Å². The quantitative estimate of drug-likeness (QED) is 0.413. The Hall–Kier alpha value is -2.98. The van der Waals surface area contributed by atoms with Crippen LogP contribution in [0.3, 0.4) is 0 Å². The first-order valence-electron chi connectivity index (χ1n) is 11.0. The van der Waals surface area contributed by atoms with Crippen molar-refractivity contribution in [1.29, 1.82) is 0 Å².